The van der Waals surface area contributed by atoms with Crippen LogP contribution in [-0.4, -0.2) is 36.0 Å². The maximum Gasteiger partial charge on any atom is 0.0692 e. The summed E-state index contributed by atoms with van der Waals surface area (Å²) in [4.78, 5) is 0. The highest BCUT2D eigenvalue weighted by Gasteiger charge is 2.14. The SMILES string of the molecule is CCC(CC)C(O)CNCCCO. The Hall–Kier alpha value is -0.120. The zero-order valence-electron chi connectivity index (χ0n) is 8.79. The highest BCUT2D eigenvalue weighted by atomic mass is 16.3. The van der Waals surface area contributed by atoms with Crippen LogP contribution >= 0.6 is 0 Å². The summed E-state index contributed by atoms with van der Waals surface area (Å²) >= 11 is 0. The number of hydrogen-bond acceptors (Lipinski definition) is 3. The molecule has 3 heteroatoms. The molecule has 0 spiro atoms. The molecular weight excluding hydrogens is 166 g/mol. The minimum absolute atomic E-state index is 0.216. The molecule has 3 N–H and O–H groups in total. The first-order valence-electron chi connectivity index (χ1n) is 5.25. The van der Waals surface area contributed by atoms with Crippen molar-refractivity contribution in [2.45, 2.75) is 39.2 Å². The van der Waals surface area contributed by atoms with E-state index in [1.54, 1.807) is 0 Å². The van der Waals surface area contributed by atoms with Gasteiger partial charge in [-0.15, -0.1) is 0 Å². The number of nitrogens with one attached hydrogen (secondary N) is 1. The van der Waals surface area contributed by atoms with Crippen molar-refractivity contribution in [3.8, 4) is 0 Å². The molecule has 0 aliphatic heterocycles. The Morgan fingerprint density at radius 2 is 1.85 bits per heavy atom. The molecule has 0 radical (unpaired) electrons. The second-order valence-corrected chi connectivity index (χ2v) is 3.43. The summed E-state index contributed by atoms with van der Waals surface area (Å²) in [5.74, 6) is 0.404. The van der Waals surface area contributed by atoms with Gasteiger partial charge in [-0.3, -0.25) is 0 Å². The first-order valence-corrected chi connectivity index (χ1v) is 5.25. The second-order valence-electron chi connectivity index (χ2n) is 3.43. The van der Waals surface area contributed by atoms with Crippen LogP contribution in [0.4, 0.5) is 0 Å². The smallest absolute Gasteiger partial charge is 0.0692 e. The fraction of sp³-hybridized carbons (Fsp3) is 1.00. The molecule has 0 aliphatic rings. The van der Waals surface area contributed by atoms with Crippen LogP contribution < -0.4 is 5.32 Å². The van der Waals surface area contributed by atoms with E-state index in [0.29, 0.717) is 12.5 Å². The largest absolute Gasteiger partial charge is 0.396 e. The van der Waals surface area contributed by atoms with Crippen molar-refractivity contribution in [2.75, 3.05) is 19.7 Å². The predicted molar refractivity (Wildman–Crippen MR) is 54.7 cm³/mol. The van der Waals surface area contributed by atoms with Crippen LogP contribution in [0.1, 0.15) is 33.1 Å². The molecule has 1 unspecified atom stereocenters. The van der Waals surface area contributed by atoms with E-state index < -0.39 is 0 Å². The molecule has 0 rings (SSSR count). The predicted octanol–water partition coefficient (Wildman–Crippen LogP) is 0.756. The van der Waals surface area contributed by atoms with Crippen LogP contribution in [0.25, 0.3) is 0 Å². The van der Waals surface area contributed by atoms with E-state index in [-0.39, 0.29) is 12.7 Å². The van der Waals surface area contributed by atoms with Crippen molar-refractivity contribution in [2.24, 2.45) is 5.92 Å². The monoisotopic (exact) mass is 189 g/mol. The lowest BCUT2D eigenvalue weighted by atomic mass is 9.96. The van der Waals surface area contributed by atoms with Gasteiger partial charge in [0.15, 0.2) is 0 Å². The van der Waals surface area contributed by atoms with E-state index >= 15 is 0 Å². The van der Waals surface area contributed by atoms with Crippen molar-refractivity contribution in [1.82, 2.24) is 5.32 Å². The molecule has 1 atom stereocenters. The number of hydrogen-bond donors (Lipinski definition) is 3. The van der Waals surface area contributed by atoms with Crippen molar-refractivity contribution >= 4 is 0 Å². The van der Waals surface area contributed by atoms with Crippen molar-refractivity contribution in [3.05, 3.63) is 0 Å². The summed E-state index contributed by atoms with van der Waals surface area (Å²) in [6.07, 6.45) is 2.57. The summed E-state index contributed by atoms with van der Waals surface area (Å²) in [6, 6.07) is 0. The Balaban J connectivity index is 3.42. The van der Waals surface area contributed by atoms with E-state index in [0.717, 1.165) is 25.8 Å². The first kappa shape index (κ1) is 12.9. The van der Waals surface area contributed by atoms with Crippen LogP contribution in [-0.2, 0) is 0 Å². The Morgan fingerprint density at radius 3 is 2.31 bits per heavy atom. The van der Waals surface area contributed by atoms with Crippen molar-refractivity contribution in [1.29, 1.82) is 0 Å². The van der Waals surface area contributed by atoms with Crippen LogP contribution in [0.5, 0.6) is 0 Å². The van der Waals surface area contributed by atoms with Crippen molar-refractivity contribution in [3.63, 3.8) is 0 Å². The normalized spacial score (nSPS) is 13.6. The second kappa shape index (κ2) is 8.48. The summed E-state index contributed by atoms with van der Waals surface area (Å²) < 4.78 is 0. The van der Waals surface area contributed by atoms with Crippen molar-refractivity contribution < 1.29 is 10.2 Å². The maximum atomic E-state index is 9.68. The van der Waals surface area contributed by atoms with Crippen LogP contribution in [0, 0.1) is 5.92 Å². The number of aliphatic hydroxyl groups is 2. The van der Waals surface area contributed by atoms with Gasteiger partial charge < -0.3 is 15.5 Å². The van der Waals surface area contributed by atoms with Gasteiger partial charge in [0.05, 0.1) is 6.10 Å². The molecule has 0 aromatic carbocycles. The lowest BCUT2D eigenvalue weighted by Gasteiger charge is -2.20. The first-order chi connectivity index (χ1) is 6.26. The molecule has 0 bridgehead atoms. The third-order valence-corrected chi connectivity index (χ3v) is 2.46. The minimum Gasteiger partial charge on any atom is -0.396 e. The van der Waals surface area contributed by atoms with E-state index in [1.165, 1.54) is 0 Å². The molecule has 80 valence electrons. The van der Waals surface area contributed by atoms with Gasteiger partial charge >= 0.3 is 0 Å². The fourth-order valence-electron chi connectivity index (χ4n) is 1.45. The fourth-order valence-corrected chi connectivity index (χ4v) is 1.45. The van der Waals surface area contributed by atoms with Gasteiger partial charge in [-0.2, -0.15) is 0 Å². The highest BCUT2D eigenvalue weighted by molar-refractivity contribution is 4.68. The van der Waals surface area contributed by atoms with Gasteiger partial charge in [-0.05, 0) is 18.9 Å². The van der Waals surface area contributed by atoms with Crippen LogP contribution in [0.3, 0.4) is 0 Å². The molecule has 0 aromatic rings. The van der Waals surface area contributed by atoms with Gasteiger partial charge in [0.25, 0.3) is 0 Å². The third-order valence-electron chi connectivity index (χ3n) is 2.46. The molecule has 0 amide bonds. The van der Waals surface area contributed by atoms with Gasteiger partial charge in [0.1, 0.15) is 0 Å². The van der Waals surface area contributed by atoms with Gasteiger partial charge in [-0.25, -0.2) is 0 Å². The number of aliphatic hydroxyl groups excluding tert-OH is 2. The molecule has 3 nitrogen and oxygen atoms in total. The average molecular weight is 189 g/mol. The topological polar surface area (TPSA) is 52.5 Å². The Bertz CT molecular complexity index is 105. The van der Waals surface area contributed by atoms with Crippen LogP contribution in [0.2, 0.25) is 0 Å². The average Bonchev–Trinajstić information content (AvgIpc) is 2.14. The zero-order chi connectivity index (χ0) is 10.1. The lowest BCUT2D eigenvalue weighted by Crippen LogP contribution is -2.33. The van der Waals surface area contributed by atoms with E-state index in [1.807, 2.05) is 0 Å². The summed E-state index contributed by atoms with van der Waals surface area (Å²) in [5, 5.41) is 21.3. The third kappa shape index (κ3) is 6.02. The van der Waals surface area contributed by atoms with E-state index in [4.69, 9.17) is 5.11 Å². The molecule has 0 heterocycles. The molecule has 13 heavy (non-hydrogen) atoms. The Kier molecular flexibility index (Phi) is 8.40. The Morgan fingerprint density at radius 1 is 1.23 bits per heavy atom. The highest BCUT2D eigenvalue weighted by Crippen LogP contribution is 2.11. The minimum atomic E-state index is -0.242. The summed E-state index contributed by atoms with van der Waals surface area (Å²) in [7, 11) is 0. The summed E-state index contributed by atoms with van der Waals surface area (Å²) in [6.45, 7) is 5.85. The molecule has 0 aliphatic carbocycles. The standard InChI is InChI=1S/C10H23NO2/c1-3-9(4-2)10(13)8-11-6-5-7-12/h9-13H,3-8H2,1-2H3. The molecule has 0 aromatic heterocycles. The quantitative estimate of drug-likeness (QED) is 0.494. The molecular formula is C10H23NO2. The van der Waals surface area contributed by atoms with Crippen LogP contribution in [0.15, 0.2) is 0 Å². The van der Waals surface area contributed by atoms with Gasteiger partial charge in [-0.1, -0.05) is 26.7 Å². The van der Waals surface area contributed by atoms with E-state index in [9.17, 15) is 5.11 Å². The number of rotatable bonds is 8. The zero-order valence-corrected chi connectivity index (χ0v) is 8.79. The summed E-state index contributed by atoms with van der Waals surface area (Å²) in [5.41, 5.74) is 0. The molecule has 0 fully saturated rings. The van der Waals surface area contributed by atoms with E-state index in [2.05, 4.69) is 19.2 Å². The molecule has 0 saturated heterocycles. The van der Waals surface area contributed by atoms with Gasteiger partial charge in [0.2, 0.25) is 0 Å². The molecule has 0 saturated carbocycles. The van der Waals surface area contributed by atoms with Gasteiger partial charge in [0, 0.05) is 13.2 Å². The maximum absolute atomic E-state index is 9.68. The Labute approximate surface area is 81.2 Å². The lowest BCUT2D eigenvalue weighted by molar-refractivity contribution is 0.101.